The van der Waals surface area contributed by atoms with E-state index in [1.807, 2.05) is 0 Å². The van der Waals surface area contributed by atoms with Crippen LogP contribution in [0, 0.1) is 0 Å². The zero-order valence-corrected chi connectivity index (χ0v) is 10.3. The topological polar surface area (TPSA) is 46.5 Å². The fraction of sp³-hybridized carbons (Fsp3) is 0.900. The molecule has 0 saturated carbocycles. The van der Waals surface area contributed by atoms with Crippen LogP contribution >= 0.6 is 15.9 Å². The predicted molar refractivity (Wildman–Crippen MR) is 59.5 cm³/mol. The van der Waals surface area contributed by atoms with E-state index in [1.54, 1.807) is 6.92 Å². The molecule has 0 rings (SSSR count). The standard InChI is InChI=1S/C10H19BrO3/c1-2-14-10(13)7-3-5-9(12)6-4-8-11/h9,12H,2-8H2,1H3. The lowest BCUT2D eigenvalue weighted by Gasteiger charge is -2.08. The van der Waals surface area contributed by atoms with Crippen LogP contribution in [-0.4, -0.2) is 29.1 Å². The number of hydrogen-bond donors (Lipinski definition) is 1. The molecule has 0 bridgehead atoms. The van der Waals surface area contributed by atoms with Crippen LogP contribution < -0.4 is 0 Å². The molecule has 0 amide bonds. The maximum Gasteiger partial charge on any atom is 0.305 e. The van der Waals surface area contributed by atoms with Crippen molar-refractivity contribution in [2.45, 2.75) is 45.1 Å². The van der Waals surface area contributed by atoms with E-state index in [0.29, 0.717) is 25.9 Å². The second-order valence-corrected chi connectivity index (χ2v) is 3.98. The highest BCUT2D eigenvalue weighted by molar-refractivity contribution is 9.09. The molecule has 0 aliphatic heterocycles. The fourth-order valence-corrected chi connectivity index (χ4v) is 1.50. The van der Waals surface area contributed by atoms with Gasteiger partial charge in [-0.3, -0.25) is 4.79 Å². The van der Waals surface area contributed by atoms with Gasteiger partial charge in [0.1, 0.15) is 0 Å². The molecule has 0 radical (unpaired) electrons. The van der Waals surface area contributed by atoms with E-state index in [1.165, 1.54) is 0 Å². The smallest absolute Gasteiger partial charge is 0.305 e. The van der Waals surface area contributed by atoms with E-state index < -0.39 is 0 Å². The first-order chi connectivity index (χ1) is 6.70. The van der Waals surface area contributed by atoms with Crippen molar-refractivity contribution in [1.29, 1.82) is 0 Å². The first-order valence-electron chi connectivity index (χ1n) is 5.10. The Bertz CT molecular complexity index is 150. The van der Waals surface area contributed by atoms with Crippen molar-refractivity contribution in [2.24, 2.45) is 0 Å². The summed E-state index contributed by atoms with van der Waals surface area (Å²) in [6.07, 6.45) is 3.31. The zero-order valence-electron chi connectivity index (χ0n) is 8.67. The zero-order chi connectivity index (χ0) is 10.8. The molecule has 0 saturated heterocycles. The maximum atomic E-state index is 10.9. The average Bonchev–Trinajstić information content (AvgIpc) is 2.15. The maximum absolute atomic E-state index is 10.9. The molecule has 0 spiro atoms. The molecule has 84 valence electrons. The van der Waals surface area contributed by atoms with Crippen molar-refractivity contribution in [3.05, 3.63) is 0 Å². The minimum atomic E-state index is -0.276. The van der Waals surface area contributed by atoms with Crippen molar-refractivity contribution >= 4 is 21.9 Å². The van der Waals surface area contributed by atoms with Crippen molar-refractivity contribution < 1.29 is 14.6 Å². The number of rotatable bonds is 8. The summed E-state index contributed by atoms with van der Waals surface area (Å²) in [6, 6.07) is 0. The summed E-state index contributed by atoms with van der Waals surface area (Å²) in [4.78, 5) is 10.9. The Labute approximate surface area is 94.0 Å². The van der Waals surface area contributed by atoms with Gasteiger partial charge in [0.2, 0.25) is 0 Å². The molecular formula is C10H19BrO3. The van der Waals surface area contributed by atoms with E-state index in [4.69, 9.17) is 4.74 Å². The molecule has 1 unspecified atom stereocenters. The fourth-order valence-electron chi connectivity index (χ4n) is 1.17. The second-order valence-electron chi connectivity index (χ2n) is 3.18. The van der Waals surface area contributed by atoms with Crippen LogP contribution in [0.2, 0.25) is 0 Å². The Morgan fingerprint density at radius 2 is 2.07 bits per heavy atom. The van der Waals surface area contributed by atoms with E-state index in [2.05, 4.69) is 15.9 Å². The van der Waals surface area contributed by atoms with Crippen LogP contribution in [0.25, 0.3) is 0 Å². The number of ether oxygens (including phenoxy) is 1. The van der Waals surface area contributed by atoms with Gasteiger partial charge in [0.25, 0.3) is 0 Å². The first kappa shape index (κ1) is 13.9. The second kappa shape index (κ2) is 9.46. The molecule has 14 heavy (non-hydrogen) atoms. The van der Waals surface area contributed by atoms with Crippen molar-refractivity contribution in [2.75, 3.05) is 11.9 Å². The molecule has 0 aliphatic carbocycles. The average molecular weight is 267 g/mol. The molecule has 0 heterocycles. The van der Waals surface area contributed by atoms with Gasteiger partial charge in [-0.05, 0) is 32.6 Å². The monoisotopic (exact) mass is 266 g/mol. The van der Waals surface area contributed by atoms with Gasteiger partial charge in [-0.1, -0.05) is 15.9 Å². The highest BCUT2D eigenvalue weighted by Crippen LogP contribution is 2.08. The van der Waals surface area contributed by atoms with Gasteiger partial charge >= 0.3 is 5.97 Å². The quantitative estimate of drug-likeness (QED) is 0.542. The third kappa shape index (κ3) is 8.51. The minimum absolute atomic E-state index is 0.166. The lowest BCUT2D eigenvalue weighted by Crippen LogP contribution is -2.09. The van der Waals surface area contributed by atoms with Gasteiger partial charge in [0.05, 0.1) is 12.7 Å². The van der Waals surface area contributed by atoms with Crippen molar-refractivity contribution in [3.8, 4) is 0 Å². The largest absolute Gasteiger partial charge is 0.466 e. The van der Waals surface area contributed by atoms with Crippen LogP contribution in [0.4, 0.5) is 0 Å². The van der Waals surface area contributed by atoms with E-state index in [9.17, 15) is 9.90 Å². The molecule has 1 N–H and O–H groups in total. The number of alkyl halides is 1. The Morgan fingerprint density at radius 3 is 2.64 bits per heavy atom. The highest BCUT2D eigenvalue weighted by Gasteiger charge is 2.06. The van der Waals surface area contributed by atoms with Gasteiger partial charge in [-0.15, -0.1) is 0 Å². The summed E-state index contributed by atoms with van der Waals surface area (Å²) in [7, 11) is 0. The lowest BCUT2D eigenvalue weighted by molar-refractivity contribution is -0.143. The molecule has 0 aromatic carbocycles. The SMILES string of the molecule is CCOC(=O)CCCC(O)CCCBr. The molecule has 1 atom stereocenters. The van der Waals surface area contributed by atoms with E-state index in [0.717, 1.165) is 18.2 Å². The van der Waals surface area contributed by atoms with Crippen LogP contribution in [0.15, 0.2) is 0 Å². The summed E-state index contributed by atoms with van der Waals surface area (Å²) in [5.41, 5.74) is 0. The van der Waals surface area contributed by atoms with Crippen LogP contribution in [0.3, 0.4) is 0 Å². The number of esters is 1. The summed E-state index contributed by atoms with van der Waals surface area (Å²) in [5, 5.41) is 10.4. The predicted octanol–water partition coefficient (Wildman–Crippen LogP) is 2.26. The third-order valence-corrected chi connectivity index (χ3v) is 2.46. The van der Waals surface area contributed by atoms with Crippen LogP contribution in [0.1, 0.15) is 39.0 Å². The van der Waals surface area contributed by atoms with Crippen molar-refractivity contribution in [1.82, 2.24) is 0 Å². The van der Waals surface area contributed by atoms with E-state index >= 15 is 0 Å². The molecule has 0 fully saturated rings. The third-order valence-electron chi connectivity index (χ3n) is 1.89. The number of aliphatic hydroxyl groups excluding tert-OH is 1. The van der Waals surface area contributed by atoms with Crippen molar-refractivity contribution in [3.63, 3.8) is 0 Å². The van der Waals surface area contributed by atoms with Gasteiger partial charge in [0, 0.05) is 11.8 Å². The Balaban J connectivity index is 3.29. The number of carbonyl (C=O) groups is 1. The minimum Gasteiger partial charge on any atom is -0.466 e. The van der Waals surface area contributed by atoms with Gasteiger partial charge in [-0.25, -0.2) is 0 Å². The summed E-state index contributed by atoms with van der Waals surface area (Å²) >= 11 is 3.30. The molecule has 3 nitrogen and oxygen atoms in total. The Kier molecular flexibility index (Phi) is 9.40. The Morgan fingerprint density at radius 1 is 1.43 bits per heavy atom. The molecule has 0 aromatic rings. The number of halogens is 1. The van der Waals surface area contributed by atoms with Crippen LogP contribution in [-0.2, 0) is 9.53 Å². The number of hydrogen-bond acceptors (Lipinski definition) is 3. The molecule has 4 heteroatoms. The first-order valence-corrected chi connectivity index (χ1v) is 6.22. The Hall–Kier alpha value is -0.0900. The molecule has 0 aromatic heterocycles. The van der Waals surface area contributed by atoms with Crippen LogP contribution in [0.5, 0.6) is 0 Å². The molecular weight excluding hydrogens is 248 g/mol. The van der Waals surface area contributed by atoms with Gasteiger partial charge < -0.3 is 9.84 Å². The normalized spacial score (nSPS) is 12.5. The highest BCUT2D eigenvalue weighted by atomic mass is 79.9. The lowest BCUT2D eigenvalue weighted by atomic mass is 10.1. The van der Waals surface area contributed by atoms with Gasteiger partial charge in [0.15, 0.2) is 0 Å². The number of aliphatic hydroxyl groups is 1. The summed E-state index contributed by atoms with van der Waals surface area (Å²) < 4.78 is 4.78. The molecule has 0 aliphatic rings. The summed E-state index contributed by atoms with van der Waals surface area (Å²) in [5.74, 6) is -0.166. The van der Waals surface area contributed by atoms with Gasteiger partial charge in [-0.2, -0.15) is 0 Å². The van der Waals surface area contributed by atoms with E-state index in [-0.39, 0.29) is 12.1 Å². The number of carbonyl (C=O) groups excluding carboxylic acids is 1. The summed E-state index contributed by atoms with van der Waals surface area (Å²) in [6.45, 7) is 2.23.